The molecule has 0 heterocycles. The molecule has 2 aromatic carbocycles. The van der Waals surface area contributed by atoms with Gasteiger partial charge in [-0.05, 0) is 49.2 Å². The molecule has 0 bridgehead atoms. The van der Waals surface area contributed by atoms with Crippen LogP contribution in [0.4, 0.5) is 0 Å². The van der Waals surface area contributed by atoms with Crippen LogP contribution in [0, 0.1) is 0 Å². The van der Waals surface area contributed by atoms with Gasteiger partial charge in [0.2, 0.25) is 0 Å². The van der Waals surface area contributed by atoms with Gasteiger partial charge < -0.3 is 15.3 Å². The van der Waals surface area contributed by atoms with Gasteiger partial charge >= 0.3 is 0 Å². The van der Waals surface area contributed by atoms with Gasteiger partial charge in [-0.15, -0.1) is 0 Å². The number of hydrogen-bond acceptors (Lipinski definition) is 5. The number of halogens is 2. The van der Waals surface area contributed by atoms with E-state index < -0.39 is 6.10 Å². The largest absolute Gasteiger partial charge is 0.507 e. The van der Waals surface area contributed by atoms with Crippen LogP contribution in [0.25, 0.3) is 0 Å². The van der Waals surface area contributed by atoms with Crippen LogP contribution in [-0.2, 0) is 0 Å². The lowest BCUT2D eigenvalue weighted by Crippen LogP contribution is -2.09. The summed E-state index contributed by atoms with van der Waals surface area (Å²) in [5.74, 6) is 0.338. The van der Waals surface area contributed by atoms with Gasteiger partial charge in [0.1, 0.15) is 11.5 Å². The van der Waals surface area contributed by atoms with Crippen LogP contribution in [0.1, 0.15) is 24.0 Å². The molecule has 0 aliphatic carbocycles. The van der Waals surface area contributed by atoms with Crippen molar-refractivity contribution in [2.24, 2.45) is 9.98 Å². The predicted molar refractivity (Wildman–Crippen MR) is 112 cm³/mol. The summed E-state index contributed by atoms with van der Waals surface area (Å²) in [6, 6.07) is 10.3. The molecule has 26 heavy (non-hydrogen) atoms. The number of aromatic hydroxyl groups is 2. The fourth-order valence-corrected chi connectivity index (χ4v) is 2.93. The normalized spacial score (nSPS) is 12.9. The van der Waals surface area contributed by atoms with Crippen LogP contribution in [-0.4, -0.2) is 46.9 Å². The first-order chi connectivity index (χ1) is 12.5. The Balaban J connectivity index is 1.73. The average molecular weight is 484 g/mol. The summed E-state index contributed by atoms with van der Waals surface area (Å²) in [5, 5.41) is 29.4. The topological polar surface area (TPSA) is 85.4 Å². The Morgan fingerprint density at radius 2 is 1.23 bits per heavy atom. The van der Waals surface area contributed by atoms with E-state index in [-0.39, 0.29) is 11.5 Å². The average Bonchev–Trinajstić information content (AvgIpc) is 2.61. The number of phenols is 2. The van der Waals surface area contributed by atoms with Crippen LogP contribution in [0.5, 0.6) is 11.5 Å². The van der Waals surface area contributed by atoms with Crippen LogP contribution in [0.3, 0.4) is 0 Å². The number of hydrogen-bond donors (Lipinski definition) is 3. The molecule has 0 amide bonds. The molecule has 0 saturated carbocycles. The minimum Gasteiger partial charge on any atom is -0.507 e. The first kappa shape index (κ1) is 20.6. The molecule has 7 heteroatoms. The fraction of sp³-hybridized carbons (Fsp3) is 0.263. The number of aliphatic hydroxyl groups excluding tert-OH is 1. The smallest absolute Gasteiger partial charge is 0.124 e. The second-order valence-electron chi connectivity index (χ2n) is 5.71. The van der Waals surface area contributed by atoms with Gasteiger partial charge in [0.25, 0.3) is 0 Å². The molecule has 0 saturated heterocycles. The number of rotatable bonds is 8. The van der Waals surface area contributed by atoms with E-state index in [1.54, 1.807) is 48.8 Å². The summed E-state index contributed by atoms with van der Waals surface area (Å²) in [7, 11) is 0. The molecule has 0 radical (unpaired) electrons. The summed E-state index contributed by atoms with van der Waals surface area (Å²) >= 11 is 6.69. The van der Waals surface area contributed by atoms with Gasteiger partial charge in [-0.2, -0.15) is 0 Å². The number of aliphatic hydroxyl groups is 1. The Kier molecular flexibility index (Phi) is 8.28. The SMILES string of the molecule is Oc1ccc(Br)cc1C=NCCC(O)CCN=Cc1cc(Br)ccc1O. The van der Waals surface area contributed by atoms with Crippen molar-refractivity contribution in [1.82, 2.24) is 0 Å². The molecule has 0 atom stereocenters. The highest BCUT2D eigenvalue weighted by molar-refractivity contribution is 9.10. The molecular weight excluding hydrogens is 464 g/mol. The highest BCUT2D eigenvalue weighted by atomic mass is 79.9. The quantitative estimate of drug-likeness (QED) is 0.489. The van der Waals surface area contributed by atoms with E-state index in [1.807, 2.05) is 0 Å². The van der Waals surface area contributed by atoms with E-state index >= 15 is 0 Å². The zero-order valence-corrected chi connectivity index (χ0v) is 17.2. The second-order valence-corrected chi connectivity index (χ2v) is 7.54. The van der Waals surface area contributed by atoms with Gasteiger partial charge in [0.05, 0.1) is 6.10 Å². The van der Waals surface area contributed by atoms with E-state index in [9.17, 15) is 15.3 Å². The maximum atomic E-state index is 9.98. The lowest BCUT2D eigenvalue weighted by molar-refractivity contribution is 0.160. The van der Waals surface area contributed by atoms with Crippen molar-refractivity contribution in [3.05, 3.63) is 56.5 Å². The third kappa shape index (κ3) is 6.90. The van der Waals surface area contributed by atoms with Crippen LogP contribution in [0.15, 0.2) is 55.3 Å². The molecule has 2 aromatic rings. The minimum atomic E-state index is -0.503. The van der Waals surface area contributed by atoms with Crippen LogP contribution in [0.2, 0.25) is 0 Å². The van der Waals surface area contributed by atoms with Crippen molar-refractivity contribution < 1.29 is 15.3 Å². The third-order valence-electron chi connectivity index (χ3n) is 3.62. The molecule has 0 aliphatic rings. The van der Waals surface area contributed by atoms with Gasteiger partial charge in [0, 0.05) is 45.6 Å². The summed E-state index contributed by atoms with van der Waals surface area (Å²) in [6.45, 7) is 0.923. The van der Waals surface area contributed by atoms with E-state index in [4.69, 9.17) is 0 Å². The lowest BCUT2D eigenvalue weighted by Gasteiger charge is -2.06. The molecule has 0 aliphatic heterocycles. The third-order valence-corrected chi connectivity index (χ3v) is 4.61. The Hall–Kier alpha value is -1.70. The van der Waals surface area contributed by atoms with Gasteiger partial charge in [-0.3, -0.25) is 9.98 Å². The molecule has 0 fully saturated rings. The molecule has 138 valence electrons. The van der Waals surface area contributed by atoms with Crippen molar-refractivity contribution in [2.75, 3.05) is 13.1 Å². The zero-order chi connectivity index (χ0) is 18.9. The van der Waals surface area contributed by atoms with E-state index in [0.717, 1.165) is 8.95 Å². The summed E-state index contributed by atoms with van der Waals surface area (Å²) in [6.07, 6.45) is 3.73. The molecule has 5 nitrogen and oxygen atoms in total. The van der Waals surface area contributed by atoms with Crippen LogP contribution < -0.4 is 0 Å². The maximum Gasteiger partial charge on any atom is 0.124 e. The molecule has 0 unspecified atom stereocenters. The van der Waals surface area contributed by atoms with Crippen molar-refractivity contribution in [3.8, 4) is 11.5 Å². The van der Waals surface area contributed by atoms with Crippen molar-refractivity contribution in [2.45, 2.75) is 18.9 Å². The summed E-state index contributed by atoms with van der Waals surface area (Å²) < 4.78 is 1.73. The summed E-state index contributed by atoms with van der Waals surface area (Å²) in [5.41, 5.74) is 1.26. The number of benzene rings is 2. The molecule has 3 N–H and O–H groups in total. The van der Waals surface area contributed by atoms with E-state index in [1.165, 1.54) is 0 Å². The highest BCUT2D eigenvalue weighted by Crippen LogP contribution is 2.21. The number of phenolic OH excluding ortho intramolecular Hbond substituents is 2. The number of aliphatic imine (C=N–C) groups is 2. The molecule has 0 spiro atoms. The number of nitrogens with zero attached hydrogens (tertiary/aromatic N) is 2. The lowest BCUT2D eigenvalue weighted by atomic mass is 10.2. The minimum absolute atomic E-state index is 0.169. The first-order valence-corrected chi connectivity index (χ1v) is 9.69. The molecule has 0 aromatic heterocycles. The van der Waals surface area contributed by atoms with Gasteiger partial charge in [-0.25, -0.2) is 0 Å². The van der Waals surface area contributed by atoms with Crippen molar-refractivity contribution in [3.63, 3.8) is 0 Å². The van der Waals surface area contributed by atoms with E-state index in [2.05, 4.69) is 41.8 Å². The second kappa shape index (κ2) is 10.4. The Labute approximate surface area is 169 Å². The fourth-order valence-electron chi connectivity index (χ4n) is 2.17. The molecular formula is C19H20Br2N2O3. The Morgan fingerprint density at radius 3 is 1.65 bits per heavy atom. The van der Waals surface area contributed by atoms with Crippen molar-refractivity contribution >= 4 is 44.3 Å². The van der Waals surface area contributed by atoms with Crippen molar-refractivity contribution in [1.29, 1.82) is 0 Å². The molecule has 2 rings (SSSR count). The monoisotopic (exact) mass is 482 g/mol. The Morgan fingerprint density at radius 1 is 0.808 bits per heavy atom. The standard InChI is InChI=1S/C19H20Br2N2O3/c20-15-1-3-18(25)13(9-15)11-22-7-5-17(24)6-8-23-12-14-10-16(21)2-4-19(14)26/h1-4,9-12,17,24-26H,5-8H2. The Bertz CT molecular complexity index is 729. The first-order valence-electron chi connectivity index (χ1n) is 8.10. The highest BCUT2D eigenvalue weighted by Gasteiger charge is 2.03. The van der Waals surface area contributed by atoms with Gasteiger partial charge in [0.15, 0.2) is 0 Å². The maximum absolute atomic E-state index is 9.98. The summed E-state index contributed by atoms with van der Waals surface area (Å²) in [4.78, 5) is 8.48. The van der Waals surface area contributed by atoms with E-state index in [0.29, 0.717) is 37.1 Å². The van der Waals surface area contributed by atoms with Gasteiger partial charge in [-0.1, -0.05) is 31.9 Å². The predicted octanol–water partition coefficient (Wildman–Crippen LogP) is 4.30. The van der Waals surface area contributed by atoms with Crippen LogP contribution >= 0.6 is 31.9 Å². The zero-order valence-electron chi connectivity index (χ0n) is 14.0.